The number of fused-ring (bicyclic) bond motifs is 1. The average molecular weight is 625 g/mol. The summed E-state index contributed by atoms with van der Waals surface area (Å²) in [6.45, 7) is 3.94. The van der Waals surface area contributed by atoms with Crippen molar-refractivity contribution < 1.29 is 31.8 Å². The molecule has 9 nitrogen and oxygen atoms in total. The topological polar surface area (TPSA) is 115 Å². The highest BCUT2D eigenvalue weighted by atomic mass is 19.4. The Morgan fingerprint density at radius 1 is 1.09 bits per heavy atom. The first kappa shape index (κ1) is 30.5. The summed E-state index contributed by atoms with van der Waals surface area (Å²) in [6, 6.07) is 13.4. The van der Waals surface area contributed by atoms with Gasteiger partial charge in [-0.25, -0.2) is 4.39 Å². The van der Waals surface area contributed by atoms with E-state index in [0.717, 1.165) is 19.0 Å². The van der Waals surface area contributed by atoms with Gasteiger partial charge in [0, 0.05) is 36.7 Å². The molecule has 2 aromatic carbocycles. The van der Waals surface area contributed by atoms with Crippen molar-refractivity contribution >= 4 is 28.6 Å². The molecular formula is C32H32F4N6O3. The van der Waals surface area contributed by atoms with Crippen LogP contribution in [-0.2, 0) is 9.53 Å². The Balaban J connectivity index is 1.17. The molecular weight excluding hydrogens is 592 g/mol. The second kappa shape index (κ2) is 12.1. The Kier molecular flexibility index (Phi) is 8.21. The summed E-state index contributed by atoms with van der Waals surface area (Å²) in [4.78, 5) is 26.4. The first-order chi connectivity index (χ1) is 21.5. The van der Waals surface area contributed by atoms with Crippen LogP contribution < -0.4 is 20.7 Å². The number of nitrogens with one attached hydrogen (secondary N) is 1. The van der Waals surface area contributed by atoms with Crippen molar-refractivity contribution in [3.8, 4) is 17.0 Å². The number of pyridine rings is 1. The molecule has 0 bridgehead atoms. The number of hydrogen-bond acceptors (Lipinski definition) is 9. The summed E-state index contributed by atoms with van der Waals surface area (Å²) in [5.41, 5.74) is 7.68. The van der Waals surface area contributed by atoms with Gasteiger partial charge in [-0.15, -0.1) is 0 Å². The number of esters is 1. The molecule has 1 spiro atoms. The minimum absolute atomic E-state index is 0.0701. The van der Waals surface area contributed by atoms with Crippen molar-refractivity contribution in [2.24, 2.45) is 5.41 Å². The lowest BCUT2D eigenvalue weighted by atomic mass is 9.76. The monoisotopic (exact) mass is 624 g/mol. The molecule has 0 radical (unpaired) electrons. The van der Waals surface area contributed by atoms with Crippen molar-refractivity contribution in [1.82, 2.24) is 20.3 Å². The third kappa shape index (κ3) is 6.63. The van der Waals surface area contributed by atoms with Gasteiger partial charge in [0.05, 0.1) is 18.3 Å². The third-order valence-electron chi connectivity index (χ3n) is 8.52. The maximum Gasteiger partial charge on any atom is 0.429 e. The minimum atomic E-state index is -4.75. The SMILES string of the molecule is CCOC(=O)[C@@H]1CC2(CCN(c3cc(O[C@H](c4ccc(-c5ccc6ncc(F)cc6c5)cc4)C(F)(F)F)nc(N)n3)CC2)CN1. The summed E-state index contributed by atoms with van der Waals surface area (Å²) in [5, 5.41) is 3.84. The van der Waals surface area contributed by atoms with Crippen LogP contribution in [0.4, 0.5) is 29.3 Å². The van der Waals surface area contributed by atoms with E-state index in [-0.39, 0.29) is 34.8 Å². The Labute approximate surface area is 256 Å². The van der Waals surface area contributed by atoms with E-state index < -0.39 is 18.1 Å². The van der Waals surface area contributed by atoms with Crippen LogP contribution in [0.15, 0.2) is 60.8 Å². The second-order valence-electron chi connectivity index (χ2n) is 11.5. The fourth-order valence-corrected chi connectivity index (χ4v) is 6.15. The van der Waals surface area contributed by atoms with E-state index in [1.807, 2.05) is 4.90 Å². The van der Waals surface area contributed by atoms with Crippen LogP contribution >= 0.6 is 0 Å². The van der Waals surface area contributed by atoms with E-state index >= 15 is 0 Å². The lowest BCUT2D eigenvalue weighted by Crippen LogP contribution is -2.41. The van der Waals surface area contributed by atoms with E-state index in [9.17, 15) is 22.4 Å². The standard InChI is InChI=1S/C32H32F4N6O3/c1-2-44-29(43)25-16-31(18-39-25)9-11-42(12-10-31)26-15-27(41-30(37)40-26)45-28(32(34,35)36)20-5-3-19(4-6-20)21-7-8-24-22(13-21)14-23(33)17-38-24/h3-8,13-15,17,25,28,39H,2,9-12,16,18H2,1H3,(H2,37,40,41)/t25-,28+/m0/s1. The number of nitrogen functional groups attached to an aromatic ring is 1. The molecule has 45 heavy (non-hydrogen) atoms. The fraction of sp³-hybridized carbons (Fsp3) is 0.375. The van der Waals surface area contributed by atoms with Crippen LogP contribution in [0.25, 0.3) is 22.0 Å². The number of aromatic nitrogens is 3. The van der Waals surface area contributed by atoms with Gasteiger partial charge in [-0.3, -0.25) is 9.78 Å². The number of benzene rings is 2. The fourth-order valence-electron chi connectivity index (χ4n) is 6.15. The maximum absolute atomic E-state index is 14.3. The van der Waals surface area contributed by atoms with E-state index in [1.54, 1.807) is 37.3 Å². The molecule has 2 aliphatic heterocycles. The predicted octanol–water partition coefficient (Wildman–Crippen LogP) is 5.61. The highest BCUT2D eigenvalue weighted by molar-refractivity contribution is 5.84. The maximum atomic E-state index is 14.3. The lowest BCUT2D eigenvalue weighted by molar-refractivity contribution is -0.198. The molecule has 0 unspecified atom stereocenters. The van der Waals surface area contributed by atoms with Gasteiger partial charge < -0.3 is 25.4 Å². The van der Waals surface area contributed by atoms with Crippen molar-refractivity contribution in [2.75, 3.05) is 36.9 Å². The molecule has 2 atom stereocenters. The van der Waals surface area contributed by atoms with E-state index in [4.69, 9.17) is 15.2 Å². The minimum Gasteiger partial charge on any atom is -0.465 e. The molecule has 13 heteroatoms. The van der Waals surface area contributed by atoms with Crippen LogP contribution in [-0.4, -0.2) is 59.4 Å². The van der Waals surface area contributed by atoms with Crippen LogP contribution in [0, 0.1) is 11.2 Å². The number of halogens is 4. The van der Waals surface area contributed by atoms with Crippen molar-refractivity contribution in [3.05, 3.63) is 72.2 Å². The number of nitrogens with two attached hydrogens (primary N) is 1. The number of rotatable bonds is 7. The molecule has 0 aliphatic carbocycles. The predicted molar refractivity (Wildman–Crippen MR) is 160 cm³/mol. The van der Waals surface area contributed by atoms with Gasteiger partial charge in [0.2, 0.25) is 17.9 Å². The van der Waals surface area contributed by atoms with Crippen LogP contribution in [0.1, 0.15) is 37.9 Å². The van der Waals surface area contributed by atoms with Gasteiger partial charge in [0.25, 0.3) is 0 Å². The quantitative estimate of drug-likeness (QED) is 0.200. The Morgan fingerprint density at radius 2 is 1.82 bits per heavy atom. The summed E-state index contributed by atoms with van der Waals surface area (Å²) in [7, 11) is 0. The zero-order chi connectivity index (χ0) is 31.8. The first-order valence-corrected chi connectivity index (χ1v) is 14.7. The number of nitrogens with zero attached hydrogens (tertiary/aromatic N) is 4. The highest BCUT2D eigenvalue weighted by Gasteiger charge is 2.45. The van der Waals surface area contributed by atoms with Crippen molar-refractivity contribution in [1.29, 1.82) is 0 Å². The average Bonchev–Trinajstić information content (AvgIpc) is 3.43. The van der Waals surface area contributed by atoms with Crippen LogP contribution in [0.3, 0.4) is 0 Å². The molecule has 3 N–H and O–H groups in total. The summed E-state index contributed by atoms with van der Waals surface area (Å²) < 4.78 is 67.2. The molecule has 2 aromatic heterocycles. The third-order valence-corrected chi connectivity index (χ3v) is 8.52. The van der Waals surface area contributed by atoms with E-state index in [0.29, 0.717) is 60.5 Å². The van der Waals surface area contributed by atoms with Crippen LogP contribution in [0.2, 0.25) is 0 Å². The summed E-state index contributed by atoms with van der Waals surface area (Å²) in [6.07, 6.45) is -3.75. The molecule has 0 saturated carbocycles. The molecule has 4 heterocycles. The number of carbonyl (C=O) groups is 1. The second-order valence-corrected chi connectivity index (χ2v) is 11.5. The van der Waals surface area contributed by atoms with E-state index in [2.05, 4.69) is 20.3 Å². The summed E-state index contributed by atoms with van der Waals surface area (Å²) >= 11 is 0. The van der Waals surface area contributed by atoms with Gasteiger partial charge in [-0.05, 0) is 60.9 Å². The smallest absolute Gasteiger partial charge is 0.429 e. The van der Waals surface area contributed by atoms with Gasteiger partial charge in [0.15, 0.2) is 0 Å². The highest BCUT2D eigenvalue weighted by Crippen LogP contribution is 2.42. The Hall–Kier alpha value is -4.52. The largest absolute Gasteiger partial charge is 0.465 e. The van der Waals surface area contributed by atoms with Gasteiger partial charge in [-0.1, -0.05) is 30.3 Å². The van der Waals surface area contributed by atoms with Crippen LogP contribution in [0.5, 0.6) is 5.88 Å². The Bertz CT molecular complexity index is 1690. The van der Waals surface area contributed by atoms with Gasteiger partial charge in [0.1, 0.15) is 17.7 Å². The number of ether oxygens (including phenoxy) is 2. The van der Waals surface area contributed by atoms with E-state index in [1.165, 1.54) is 24.3 Å². The van der Waals surface area contributed by atoms with Crippen molar-refractivity contribution in [3.63, 3.8) is 0 Å². The molecule has 2 saturated heterocycles. The first-order valence-electron chi connectivity index (χ1n) is 14.7. The molecule has 2 fully saturated rings. The number of hydrogen-bond donors (Lipinski definition) is 2. The Morgan fingerprint density at radius 3 is 2.53 bits per heavy atom. The number of anilines is 2. The summed E-state index contributed by atoms with van der Waals surface area (Å²) in [5.74, 6) is -0.852. The molecule has 6 rings (SSSR count). The molecule has 236 valence electrons. The lowest BCUT2D eigenvalue weighted by Gasteiger charge is -2.39. The normalized spacial score (nSPS) is 18.7. The van der Waals surface area contributed by atoms with Crippen molar-refractivity contribution in [2.45, 2.75) is 44.5 Å². The zero-order valence-electron chi connectivity index (χ0n) is 24.5. The van der Waals surface area contributed by atoms with Gasteiger partial charge >= 0.3 is 12.1 Å². The zero-order valence-corrected chi connectivity index (χ0v) is 24.5. The molecule has 0 amide bonds. The number of carbonyl (C=O) groups excluding carboxylic acids is 1. The van der Waals surface area contributed by atoms with Gasteiger partial charge in [-0.2, -0.15) is 23.1 Å². The number of piperidine rings is 1. The number of alkyl halides is 3. The molecule has 4 aromatic rings. The molecule has 2 aliphatic rings.